The molecule has 0 saturated carbocycles. The number of sulfonamides is 1. The number of hydroxylamine groups is 2. The van der Waals surface area contributed by atoms with Crippen LogP contribution in [0.25, 0.3) is 0 Å². The molecule has 1 N–H and O–H groups in total. The molecule has 1 amide bonds. The summed E-state index contributed by atoms with van der Waals surface area (Å²) in [7, 11) is -0.818. The normalized spacial score (nSPS) is 11.2. The van der Waals surface area contributed by atoms with E-state index in [0.717, 1.165) is 10.6 Å². The number of benzene rings is 2. The van der Waals surface area contributed by atoms with Gasteiger partial charge in [0.1, 0.15) is 0 Å². The molecule has 134 valence electrons. The third kappa shape index (κ3) is 4.18. The van der Waals surface area contributed by atoms with Gasteiger partial charge in [-0.25, -0.2) is 13.5 Å². The van der Waals surface area contributed by atoms with E-state index in [0.29, 0.717) is 22.4 Å². The van der Waals surface area contributed by atoms with Crippen LogP contribution in [0.3, 0.4) is 0 Å². The summed E-state index contributed by atoms with van der Waals surface area (Å²) in [6.45, 7) is 5.48. The van der Waals surface area contributed by atoms with Crippen molar-refractivity contribution in [3.8, 4) is 0 Å². The van der Waals surface area contributed by atoms with Gasteiger partial charge in [-0.2, -0.15) is 0 Å². The van der Waals surface area contributed by atoms with E-state index in [1.165, 1.54) is 14.2 Å². The van der Waals surface area contributed by atoms with E-state index in [2.05, 4.69) is 4.72 Å². The van der Waals surface area contributed by atoms with Crippen LogP contribution in [0.5, 0.6) is 0 Å². The van der Waals surface area contributed by atoms with Crippen LogP contribution in [0.1, 0.15) is 27.0 Å². The summed E-state index contributed by atoms with van der Waals surface area (Å²) in [5.41, 5.74) is 3.18. The van der Waals surface area contributed by atoms with Crippen LogP contribution in [-0.2, 0) is 14.9 Å². The Labute approximate surface area is 148 Å². The lowest BCUT2D eigenvalue weighted by Crippen LogP contribution is -2.25. The van der Waals surface area contributed by atoms with Crippen molar-refractivity contribution >= 4 is 21.6 Å². The molecule has 0 aliphatic carbocycles. The first kappa shape index (κ1) is 19.0. The molecule has 25 heavy (non-hydrogen) atoms. The van der Waals surface area contributed by atoms with Gasteiger partial charge in [0.05, 0.1) is 12.0 Å². The minimum absolute atomic E-state index is 0.275. The number of nitrogens with zero attached hydrogens (tertiary/aromatic N) is 1. The molecule has 0 heterocycles. The van der Waals surface area contributed by atoms with E-state index in [1.54, 1.807) is 38.1 Å². The van der Waals surface area contributed by atoms with Gasteiger partial charge in [0, 0.05) is 18.3 Å². The molecule has 0 spiro atoms. The molecular formula is C18H22N2O4S. The second-order valence-corrected chi connectivity index (χ2v) is 7.52. The fraction of sp³-hybridized carbons (Fsp3) is 0.278. The molecule has 0 radical (unpaired) electrons. The maximum Gasteiger partial charge on any atom is 0.277 e. The predicted molar refractivity (Wildman–Crippen MR) is 97.0 cm³/mol. The zero-order valence-electron chi connectivity index (χ0n) is 15.0. The standard InChI is InChI=1S/C18H22N2O4S/c1-12-10-13(2)17(14(3)11-12)25(22,23)19-16-8-6-15(7-9-16)18(21)20(4)24-5/h6-11,19H,1-5H3. The van der Waals surface area contributed by atoms with Gasteiger partial charge in [0.2, 0.25) is 0 Å². The SMILES string of the molecule is CON(C)C(=O)c1ccc(NS(=O)(=O)c2c(C)cc(C)cc2C)cc1. The zero-order valence-corrected chi connectivity index (χ0v) is 15.8. The molecule has 0 saturated heterocycles. The van der Waals surface area contributed by atoms with Crippen molar-refractivity contribution in [3.05, 3.63) is 58.7 Å². The lowest BCUT2D eigenvalue weighted by molar-refractivity contribution is -0.0756. The first-order chi connectivity index (χ1) is 11.7. The van der Waals surface area contributed by atoms with E-state index in [9.17, 15) is 13.2 Å². The molecular weight excluding hydrogens is 340 g/mol. The number of aryl methyl sites for hydroxylation is 3. The quantitative estimate of drug-likeness (QED) is 0.830. The lowest BCUT2D eigenvalue weighted by Gasteiger charge is -2.15. The molecule has 0 atom stereocenters. The van der Waals surface area contributed by atoms with Gasteiger partial charge >= 0.3 is 0 Å². The van der Waals surface area contributed by atoms with E-state index < -0.39 is 10.0 Å². The van der Waals surface area contributed by atoms with Crippen LogP contribution in [0.4, 0.5) is 5.69 Å². The highest BCUT2D eigenvalue weighted by Gasteiger charge is 2.20. The molecule has 0 unspecified atom stereocenters. The van der Waals surface area contributed by atoms with Crippen LogP contribution >= 0.6 is 0 Å². The third-order valence-electron chi connectivity index (χ3n) is 3.82. The highest BCUT2D eigenvalue weighted by Crippen LogP contribution is 2.24. The number of nitrogens with one attached hydrogen (secondary N) is 1. The number of hydrogen-bond acceptors (Lipinski definition) is 4. The second kappa shape index (κ2) is 7.25. The van der Waals surface area contributed by atoms with Crippen LogP contribution in [0, 0.1) is 20.8 Å². The van der Waals surface area contributed by atoms with Crippen molar-refractivity contribution in [1.82, 2.24) is 5.06 Å². The van der Waals surface area contributed by atoms with E-state index in [4.69, 9.17) is 4.84 Å². The first-order valence-corrected chi connectivity index (χ1v) is 9.17. The Morgan fingerprint density at radius 1 is 1.04 bits per heavy atom. The van der Waals surface area contributed by atoms with Gasteiger partial charge in [-0.15, -0.1) is 0 Å². The highest BCUT2D eigenvalue weighted by atomic mass is 32.2. The van der Waals surface area contributed by atoms with Gasteiger partial charge in [-0.3, -0.25) is 14.4 Å². The van der Waals surface area contributed by atoms with Gasteiger partial charge < -0.3 is 0 Å². The smallest absolute Gasteiger partial charge is 0.277 e. The largest absolute Gasteiger partial charge is 0.280 e. The summed E-state index contributed by atoms with van der Waals surface area (Å²) >= 11 is 0. The molecule has 2 rings (SSSR count). The fourth-order valence-corrected chi connectivity index (χ4v) is 4.26. The number of rotatable bonds is 5. The Morgan fingerprint density at radius 3 is 2.04 bits per heavy atom. The maximum absolute atomic E-state index is 12.7. The molecule has 6 nitrogen and oxygen atoms in total. The summed E-state index contributed by atoms with van der Waals surface area (Å²) in [6, 6.07) is 9.86. The Kier molecular flexibility index (Phi) is 5.49. The Hall–Kier alpha value is -2.38. The van der Waals surface area contributed by atoms with Crippen molar-refractivity contribution in [1.29, 1.82) is 0 Å². The molecule has 0 fully saturated rings. The third-order valence-corrected chi connectivity index (χ3v) is 5.50. The van der Waals surface area contributed by atoms with Gasteiger partial charge in [-0.05, 0) is 56.2 Å². The average molecular weight is 362 g/mol. The van der Waals surface area contributed by atoms with E-state index in [1.807, 2.05) is 19.1 Å². The van der Waals surface area contributed by atoms with E-state index >= 15 is 0 Å². The van der Waals surface area contributed by atoms with Crippen molar-refractivity contribution < 1.29 is 18.0 Å². The summed E-state index contributed by atoms with van der Waals surface area (Å²) in [4.78, 5) is 17.1. The lowest BCUT2D eigenvalue weighted by atomic mass is 10.1. The topological polar surface area (TPSA) is 75.7 Å². The van der Waals surface area contributed by atoms with Gasteiger partial charge in [0.25, 0.3) is 15.9 Å². The van der Waals surface area contributed by atoms with Crippen molar-refractivity contribution in [3.63, 3.8) is 0 Å². The summed E-state index contributed by atoms with van der Waals surface area (Å²) in [6.07, 6.45) is 0. The number of anilines is 1. The zero-order chi connectivity index (χ0) is 18.8. The average Bonchev–Trinajstić information content (AvgIpc) is 2.52. The van der Waals surface area contributed by atoms with Crippen LogP contribution in [-0.4, -0.2) is 33.5 Å². The number of carbonyl (C=O) groups excluding carboxylic acids is 1. The molecule has 7 heteroatoms. The minimum atomic E-state index is -3.72. The Morgan fingerprint density at radius 2 is 1.56 bits per heavy atom. The van der Waals surface area contributed by atoms with E-state index in [-0.39, 0.29) is 10.8 Å². The Balaban J connectivity index is 2.29. The van der Waals surface area contributed by atoms with Crippen LogP contribution in [0.2, 0.25) is 0 Å². The van der Waals surface area contributed by atoms with Crippen LogP contribution < -0.4 is 4.72 Å². The molecule has 2 aromatic carbocycles. The summed E-state index contributed by atoms with van der Waals surface area (Å²) in [5, 5.41) is 1.10. The van der Waals surface area contributed by atoms with Crippen molar-refractivity contribution in [2.75, 3.05) is 18.9 Å². The van der Waals surface area contributed by atoms with Gasteiger partial charge in [0.15, 0.2) is 0 Å². The maximum atomic E-state index is 12.7. The highest BCUT2D eigenvalue weighted by molar-refractivity contribution is 7.92. The predicted octanol–water partition coefficient (Wildman–Crippen LogP) is 3.05. The molecule has 0 aromatic heterocycles. The number of carbonyl (C=O) groups is 1. The molecule has 2 aromatic rings. The number of hydrogen-bond donors (Lipinski definition) is 1. The second-order valence-electron chi connectivity index (χ2n) is 5.90. The monoisotopic (exact) mass is 362 g/mol. The molecule has 0 aliphatic rings. The summed E-state index contributed by atoms with van der Waals surface area (Å²) in [5.74, 6) is -0.317. The molecule has 0 bridgehead atoms. The fourth-order valence-electron chi connectivity index (χ4n) is 2.74. The van der Waals surface area contributed by atoms with Crippen LogP contribution in [0.15, 0.2) is 41.3 Å². The first-order valence-electron chi connectivity index (χ1n) is 7.68. The van der Waals surface area contributed by atoms with Crippen molar-refractivity contribution in [2.45, 2.75) is 25.7 Å². The number of amides is 1. The van der Waals surface area contributed by atoms with Gasteiger partial charge in [-0.1, -0.05) is 17.7 Å². The Bertz CT molecular complexity index is 867. The summed E-state index contributed by atoms with van der Waals surface area (Å²) < 4.78 is 28.0. The van der Waals surface area contributed by atoms with Crippen molar-refractivity contribution in [2.24, 2.45) is 0 Å². The minimum Gasteiger partial charge on any atom is -0.280 e. The molecule has 0 aliphatic heterocycles.